The van der Waals surface area contributed by atoms with E-state index in [1.54, 1.807) is 0 Å². The first-order chi connectivity index (χ1) is 9.78. The standard InChI is InChI=1S/C17H17Br2N/c18-11-13-6-7-17(16(19)10-13)20-9-8-15(12-20)14-4-2-1-3-5-14/h1-7,10,15H,8-9,11-12H2. The van der Waals surface area contributed by atoms with Crippen LogP contribution < -0.4 is 4.90 Å². The van der Waals surface area contributed by atoms with Gasteiger partial charge in [-0.1, -0.05) is 52.3 Å². The van der Waals surface area contributed by atoms with Crippen molar-refractivity contribution in [3.63, 3.8) is 0 Å². The number of halogens is 2. The highest BCUT2D eigenvalue weighted by atomic mass is 79.9. The van der Waals surface area contributed by atoms with Crippen molar-refractivity contribution in [1.29, 1.82) is 0 Å². The van der Waals surface area contributed by atoms with Crippen molar-refractivity contribution in [1.82, 2.24) is 0 Å². The Morgan fingerprint density at radius 1 is 1.10 bits per heavy atom. The molecule has 0 saturated carbocycles. The summed E-state index contributed by atoms with van der Waals surface area (Å²) >= 11 is 7.22. The topological polar surface area (TPSA) is 3.24 Å². The van der Waals surface area contributed by atoms with Crippen molar-refractivity contribution in [2.45, 2.75) is 17.7 Å². The van der Waals surface area contributed by atoms with Gasteiger partial charge in [-0.3, -0.25) is 0 Å². The Morgan fingerprint density at radius 2 is 1.90 bits per heavy atom. The maximum atomic E-state index is 3.71. The molecule has 0 aliphatic carbocycles. The predicted octanol–water partition coefficient (Wildman–Crippen LogP) is 5.34. The summed E-state index contributed by atoms with van der Waals surface area (Å²) in [6.45, 7) is 2.24. The van der Waals surface area contributed by atoms with Crippen LogP contribution in [0.5, 0.6) is 0 Å². The van der Waals surface area contributed by atoms with E-state index in [9.17, 15) is 0 Å². The van der Waals surface area contributed by atoms with Gasteiger partial charge in [0.2, 0.25) is 0 Å². The Morgan fingerprint density at radius 3 is 2.60 bits per heavy atom. The highest BCUT2D eigenvalue weighted by Gasteiger charge is 2.24. The highest BCUT2D eigenvalue weighted by Crippen LogP contribution is 2.35. The van der Waals surface area contributed by atoms with Crippen molar-refractivity contribution < 1.29 is 0 Å². The normalized spacial score (nSPS) is 18.5. The molecule has 0 radical (unpaired) electrons. The summed E-state index contributed by atoms with van der Waals surface area (Å²) in [5, 5.41) is 0.901. The van der Waals surface area contributed by atoms with Crippen molar-refractivity contribution in [3.05, 3.63) is 64.1 Å². The fraction of sp³-hybridized carbons (Fsp3) is 0.294. The Kier molecular flexibility index (Phi) is 4.47. The second-order valence-electron chi connectivity index (χ2n) is 5.26. The van der Waals surface area contributed by atoms with E-state index in [2.05, 4.69) is 85.3 Å². The van der Waals surface area contributed by atoms with E-state index in [0.29, 0.717) is 5.92 Å². The molecule has 1 unspecified atom stereocenters. The molecule has 3 heteroatoms. The van der Waals surface area contributed by atoms with Crippen LogP contribution in [-0.2, 0) is 5.33 Å². The van der Waals surface area contributed by atoms with Gasteiger partial charge < -0.3 is 4.90 Å². The fourth-order valence-electron chi connectivity index (χ4n) is 2.87. The van der Waals surface area contributed by atoms with Gasteiger partial charge >= 0.3 is 0 Å². The molecule has 0 amide bonds. The van der Waals surface area contributed by atoms with E-state index in [4.69, 9.17) is 0 Å². The summed E-state index contributed by atoms with van der Waals surface area (Å²) in [5.74, 6) is 0.652. The van der Waals surface area contributed by atoms with Crippen LogP contribution in [0.4, 0.5) is 5.69 Å². The molecule has 1 heterocycles. The van der Waals surface area contributed by atoms with Gasteiger partial charge in [-0.25, -0.2) is 0 Å². The lowest BCUT2D eigenvalue weighted by molar-refractivity contribution is 0.775. The van der Waals surface area contributed by atoms with Gasteiger partial charge in [0.1, 0.15) is 0 Å². The molecule has 3 rings (SSSR count). The van der Waals surface area contributed by atoms with Crippen molar-refractivity contribution in [3.8, 4) is 0 Å². The zero-order valence-corrected chi connectivity index (χ0v) is 14.4. The van der Waals surface area contributed by atoms with Crippen molar-refractivity contribution in [2.24, 2.45) is 0 Å². The number of hydrogen-bond donors (Lipinski definition) is 0. The molecule has 104 valence electrons. The van der Waals surface area contributed by atoms with Crippen LogP contribution in [-0.4, -0.2) is 13.1 Å². The first kappa shape index (κ1) is 14.2. The average Bonchev–Trinajstić information content (AvgIpc) is 2.97. The molecule has 2 aromatic carbocycles. The maximum Gasteiger partial charge on any atom is 0.0511 e. The first-order valence-electron chi connectivity index (χ1n) is 6.92. The summed E-state index contributed by atoms with van der Waals surface area (Å²) in [6.07, 6.45) is 1.23. The third-order valence-electron chi connectivity index (χ3n) is 3.97. The first-order valence-corrected chi connectivity index (χ1v) is 8.83. The molecule has 1 saturated heterocycles. The monoisotopic (exact) mass is 393 g/mol. The summed E-state index contributed by atoms with van der Waals surface area (Å²) in [4.78, 5) is 2.49. The molecule has 0 spiro atoms. The molecular formula is C17H17Br2N. The molecule has 1 atom stereocenters. The molecule has 20 heavy (non-hydrogen) atoms. The number of benzene rings is 2. The molecule has 2 aromatic rings. The van der Waals surface area contributed by atoms with Crippen LogP contribution in [0.1, 0.15) is 23.5 Å². The zero-order valence-electron chi connectivity index (χ0n) is 11.2. The summed E-state index contributed by atoms with van der Waals surface area (Å²) in [7, 11) is 0. The average molecular weight is 395 g/mol. The Hall–Kier alpha value is -0.800. The number of hydrogen-bond acceptors (Lipinski definition) is 1. The number of alkyl halides is 1. The van der Waals surface area contributed by atoms with Gasteiger partial charge in [-0.15, -0.1) is 0 Å². The fourth-order valence-corrected chi connectivity index (χ4v) is 3.89. The molecule has 1 aliphatic rings. The van der Waals surface area contributed by atoms with Crippen molar-refractivity contribution >= 4 is 37.5 Å². The highest BCUT2D eigenvalue weighted by molar-refractivity contribution is 9.10. The van der Waals surface area contributed by atoms with Gasteiger partial charge in [0.05, 0.1) is 5.69 Å². The van der Waals surface area contributed by atoms with Crippen molar-refractivity contribution in [2.75, 3.05) is 18.0 Å². The minimum absolute atomic E-state index is 0.652. The van der Waals surface area contributed by atoms with Crippen LogP contribution in [0.3, 0.4) is 0 Å². The van der Waals surface area contributed by atoms with Crippen LogP contribution in [0.2, 0.25) is 0 Å². The smallest absolute Gasteiger partial charge is 0.0511 e. The Labute approximate surface area is 137 Å². The lowest BCUT2D eigenvalue weighted by Gasteiger charge is -2.21. The van der Waals surface area contributed by atoms with E-state index in [-0.39, 0.29) is 0 Å². The summed E-state index contributed by atoms with van der Waals surface area (Å²) in [5.41, 5.74) is 4.08. The third kappa shape index (κ3) is 2.94. The van der Waals surface area contributed by atoms with Crippen LogP contribution in [0.15, 0.2) is 53.0 Å². The molecule has 1 fully saturated rings. The molecule has 0 bridgehead atoms. The van der Waals surface area contributed by atoms with E-state index in [1.165, 1.54) is 27.7 Å². The van der Waals surface area contributed by atoms with Gasteiger partial charge in [0.25, 0.3) is 0 Å². The van der Waals surface area contributed by atoms with E-state index < -0.39 is 0 Å². The van der Waals surface area contributed by atoms with Gasteiger partial charge in [-0.2, -0.15) is 0 Å². The minimum Gasteiger partial charge on any atom is -0.370 e. The second kappa shape index (κ2) is 6.31. The SMILES string of the molecule is BrCc1ccc(N2CCC(c3ccccc3)C2)c(Br)c1. The maximum absolute atomic E-state index is 3.71. The number of nitrogens with zero attached hydrogens (tertiary/aromatic N) is 1. The quantitative estimate of drug-likeness (QED) is 0.635. The largest absolute Gasteiger partial charge is 0.370 e. The predicted molar refractivity (Wildman–Crippen MR) is 92.8 cm³/mol. The van der Waals surface area contributed by atoms with E-state index >= 15 is 0 Å². The van der Waals surface area contributed by atoms with Crippen LogP contribution in [0.25, 0.3) is 0 Å². The van der Waals surface area contributed by atoms with Crippen LogP contribution in [0, 0.1) is 0 Å². The van der Waals surface area contributed by atoms with Gasteiger partial charge in [0.15, 0.2) is 0 Å². The van der Waals surface area contributed by atoms with E-state index in [0.717, 1.165) is 18.4 Å². The van der Waals surface area contributed by atoms with Crippen LogP contribution >= 0.6 is 31.9 Å². The van der Waals surface area contributed by atoms with Gasteiger partial charge in [0, 0.05) is 28.8 Å². The Balaban J connectivity index is 1.77. The van der Waals surface area contributed by atoms with E-state index in [1.807, 2.05) is 0 Å². The number of anilines is 1. The molecular weight excluding hydrogens is 378 g/mol. The summed E-state index contributed by atoms with van der Waals surface area (Å²) in [6, 6.07) is 17.5. The molecule has 1 aliphatic heterocycles. The Bertz CT molecular complexity index is 583. The lowest BCUT2D eigenvalue weighted by Crippen LogP contribution is -2.19. The zero-order chi connectivity index (χ0) is 13.9. The molecule has 1 nitrogen and oxygen atoms in total. The number of rotatable bonds is 3. The molecule has 0 aromatic heterocycles. The van der Waals surface area contributed by atoms with Gasteiger partial charge in [-0.05, 0) is 45.6 Å². The minimum atomic E-state index is 0.652. The second-order valence-corrected chi connectivity index (χ2v) is 6.68. The lowest BCUT2D eigenvalue weighted by atomic mass is 9.99. The molecule has 0 N–H and O–H groups in total. The third-order valence-corrected chi connectivity index (χ3v) is 5.25. The summed E-state index contributed by atoms with van der Waals surface area (Å²) < 4.78 is 1.20.